The highest BCUT2D eigenvalue weighted by molar-refractivity contribution is 14.0. The third kappa shape index (κ3) is 5.67. The highest BCUT2D eigenvalue weighted by Crippen LogP contribution is 2.12. The predicted octanol–water partition coefficient (Wildman–Crippen LogP) is 1.57. The number of hydrogen-bond acceptors (Lipinski definition) is 4. The summed E-state index contributed by atoms with van der Waals surface area (Å²) in [5.74, 6) is 2.73. The Morgan fingerprint density at radius 1 is 1.29 bits per heavy atom. The summed E-state index contributed by atoms with van der Waals surface area (Å²) in [4.78, 5) is 6.78. The van der Waals surface area contributed by atoms with Crippen LogP contribution in [0.4, 0.5) is 0 Å². The average Bonchev–Trinajstić information content (AvgIpc) is 2.45. The molecular weight excluding hydrogens is 421 g/mol. The molecule has 1 saturated heterocycles. The van der Waals surface area contributed by atoms with Gasteiger partial charge in [0.1, 0.15) is 0 Å². The second kappa shape index (κ2) is 8.23. The van der Waals surface area contributed by atoms with Crippen LogP contribution in [-0.2, 0) is 16.4 Å². The zero-order chi connectivity index (χ0) is 14.6. The second-order valence-electron chi connectivity index (χ2n) is 4.69. The normalized spacial score (nSPS) is 16.4. The number of sulfone groups is 1. The summed E-state index contributed by atoms with van der Waals surface area (Å²) in [6.45, 7) is 2.35. The molecule has 0 atom stereocenters. The van der Waals surface area contributed by atoms with Crippen molar-refractivity contribution in [1.82, 2.24) is 4.90 Å². The minimum Gasteiger partial charge on any atom is -0.370 e. The maximum atomic E-state index is 11.4. The molecule has 0 bridgehead atoms. The highest BCUT2D eigenvalue weighted by Gasteiger charge is 2.12. The van der Waals surface area contributed by atoms with Gasteiger partial charge in [0.05, 0.1) is 11.4 Å². The summed E-state index contributed by atoms with van der Waals surface area (Å²) >= 11 is 1.93. The van der Waals surface area contributed by atoms with Crippen LogP contribution in [0.5, 0.6) is 0 Å². The Kier molecular flexibility index (Phi) is 7.28. The molecule has 1 fully saturated rings. The summed E-state index contributed by atoms with van der Waals surface area (Å²) < 4.78 is 22.7. The number of aliphatic imine (C=N–C) groups is 1. The van der Waals surface area contributed by atoms with Crippen LogP contribution in [0.15, 0.2) is 34.2 Å². The average molecular weight is 441 g/mol. The number of thioether (sulfide) groups is 1. The minimum atomic E-state index is -3.14. The SMILES string of the molecule is CS(=O)(=O)c1ccc(CN=C(N)N2CCSCC2)cc1.I. The number of rotatable bonds is 3. The van der Waals surface area contributed by atoms with Crippen LogP contribution in [0, 0.1) is 0 Å². The Bertz CT molecular complexity index is 582. The lowest BCUT2D eigenvalue weighted by molar-refractivity contribution is 0.455. The van der Waals surface area contributed by atoms with Crippen molar-refractivity contribution in [2.45, 2.75) is 11.4 Å². The number of hydrogen-bond donors (Lipinski definition) is 1. The van der Waals surface area contributed by atoms with Gasteiger partial charge in [-0.1, -0.05) is 12.1 Å². The molecule has 0 radical (unpaired) electrons. The van der Waals surface area contributed by atoms with Crippen molar-refractivity contribution in [2.75, 3.05) is 30.9 Å². The van der Waals surface area contributed by atoms with Gasteiger partial charge in [0.2, 0.25) is 0 Å². The second-order valence-corrected chi connectivity index (χ2v) is 7.93. The van der Waals surface area contributed by atoms with Crippen molar-refractivity contribution >= 4 is 51.5 Å². The van der Waals surface area contributed by atoms with E-state index in [-0.39, 0.29) is 24.0 Å². The zero-order valence-electron chi connectivity index (χ0n) is 11.9. The standard InChI is InChI=1S/C13H19N3O2S2.HI/c1-20(17,18)12-4-2-11(3-5-12)10-15-13(14)16-6-8-19-9-7-16;/h2-5H,6-10H2,1H3,(H2,14,15);1H. The van der Waals surface area contributed by atoms with Crippen LogP contribution in [0.25, 0.3) is 0 Å². The fourth-order valence-corrected chi connectivity index (χ4v) is 3.44. The van der Waals surface area contributed by atoms with Gasteiger partial charge >= 0.3 is 0 Å². The van der Waals surface area contributed by atoms with E-state index in [9.17, 15) is 8.42 Å². The van der Waals surface area contributed by atoms with E-state index in [1.54, 1.807) is 24.3 Å². The van der Waals surface area contributed by atoms with Gasteiger partial charge in [0, 0.05) is 30.9 Å². The number of nitrogens with zero attached hydrogens (tertiary/aromatic N) is 2. The van der Waals surface area contributed by atoms with E-state index in [0.717, 1.165) is 30.2 Å². The van der Waals surface area contributed by atoms with E-state index < -0.39 is 9.84 Å². The van der Waals surface area contributed by atoms with Crippen LogP contribution in [0.2, 0.25) is 0 Å². The molecule has 8 heteroatoms. The Labute approximate surface area is 147 Å². The topological polar surface area (TPSA) is 75.8 Å². The molecule has 5 nitrogen and oxygen atoms in total. The van der Waals surface area contributed by atoms with Gasteiger partial charge in [0.15, 0.2) is 15.8 Å². The summed E-state index contributed by atoms with van der Waals surface area (Å²) in [6, 6.07) is 6.76. The quantitative estimate of drug-likeness (QED) is 0.438. The maximum Gasteiger partial charge on any atom is 0.191 e. The fraction of sp³-hybridized carbons (Fsp3) is 0.462. The summed E-state index contributed by atoms with van der Waals surface area (Å²) in [7, 11) is -3.14. The molecule has 1 aliphatic rings. The summed E-state index contributed by atoms with van der Waals surface area (Å²) in [5, 5.41) is 0. The molecule has 0 amide bonds. The van der Waals surface area contributed by atoms with Gasteiger partial charge in [-0.2, -0.15) is 11.8 Å². The molecule has 0 saturated carbocycles. The fourth-order valence-electron chi connectivity index (χ4n) is 1.91. The van der Waals surface area contributed by atoms with Crippen LogP contribution in [0.1, 0.15) is 5.56 Å². The Balaban J connectivity index is 0.00000220. The number of nitrogens with two attached hydrogens (primary N) is 1. The first-order valence-corrected chi connectivity index (χ1v) is 9.43. The Morgan fingerprint density at radius 2 is 1.86 bits per heavy atom. The first kappa shape index (κ1) is 18.6. The zero-order valence-corrected chi connectivity index (χ0v) is 15.8. The molecule has 0 spiro atoms. The number of halogens is 1. The van der Waals surface area contributed by atoms with E-state index in [2.05, 4.69) is 9.89 Å². The molecule has 118 valence electrons. The summed E-state index contributed by atoms with van der Waals surface area (Å²) in [5.41, 5.74) is 6.92. The molecule has 0 unspecified atom stereocenters. The molecule has 21 heavy (non-hydrogen) atoms. The van der Waals surface area contributed by atoms with Crippen molar-refractivity contribution in [2.24, 2.45) is 10.7 Å². The van der Waals surface area contributed by atoms with Crippen LogP contribution < -0.4 is 5.73 Å². The third-order valence-corrected chi connectivity index (χ3v) is 5.18. The highest BCUT2D eigenvalue weighted by atomic mass is 127. The molecule has 2 rings (SSSR count). The van der Waals surface area contributed by atoms with Crippen molar-refractivity contribution in [1.29, 1.82) is 0 Å². The van der Waals surface area contributed by atoms with Crippen LogP contribution in [-0.4, -0.2) is 50.1 Å². The lowest BCUT2D eigenvalue weighted by Crippen LogP contribution is -2.42. The van der Waals surface area contributed by atoms with E-state index in [0.29, 0.717) is 17.4 Å². The molecule has 0 aromatic heterocycles. The van der Waals surface area contributed by atoms with Crippen molar-refractivity contribution in [3.63, 3.8) is 0 Å². The van der Waals surface area contributed by atoms with E-state index in [1.807, 2.05) is 11.8 Å². The van der Waals surface area contributed by atoms with E-state index in [4.69, 9.17) is 5.73 Å². The third-order valence-electron chi connectivity index (χ3n) is 3.11. The van der Waals surface area contributed by atoms with E-state index >= 15 is 0 Å². The van der Waals surface area contributed by atoms with Crippen LogP contribution >= 0.6 is 35.7 Å². The van der Waals surface area contributed by atoms with Gasteiger partial charge in [-0.25, -0.2) is 13.4 Å². The largest absolute Gasteiger partial charge is 0.370 e. The monoisotopic (exact) mass is 441 g/mol. The smallest absolute Gasteiger partial charge is 0.191 e. The van der Waals surface area contributed by atoms with Gasteiger partial charge in [-0.05, 0) is 17.7 Å². The van der Waals surface area contributed by atoms with Gasteiger partial charge in [-0.3, -0.25) is 0 Å². The summed E-state index contributed by atoms with van der Waals surface area (Å²) in [6.07, 6.45) is 1.20. The minimum absolute atomic E-state index is 0. The Morgan fingerprint density at radius 3 is 2.38 bits per heavy atom. The van der Waals surface area contributed by atoms with Gasteiger partial charge in [-0.15, -0.1) is 24.0 Å². The number of guanidine groups is 1. The molecule has 0 aliphatic carbocycles. The molecule has 1 aromatic rings. The molecule has 1 aromatic carbocycles. The number of benzene rings is 1. The molecule has 1 heterocycles. The van der Waals surface area contributed by atoms with Crippen molar-refractivity contribution < 1.29 is 8.42 Å². The first-order valence-electron chi connectivity index (χ1n) is 6.38. The van der Waals surface area contributed by atoms with Crippen molar-refractivity contribution in [3.05, 3.63) is 29.8 Å². The lowest BCUT2D eigenvalue weighted by Gasteiger charge is -2.27. The van der Waals surface area contributed by atoms with Crippen molar-refractivity contribution in [3.8, 4) is 0 Å². The molecular formula is C13H20IN3O2S2. The molecule has 1 aliphatic heterocycles. The van der Waals surface area contributed by atoms with Gasteiger partial charge < -0.3 is 10.6 Å². The first-order chi connectivity index (χ1) is 9.47. The van der Waals surface area contributed by atoms with Gasteiger partial charge in [0.25, 0.3) is 0 Å². The maximum absolute atomic E-state index is 11.4. The Hall–Kier alpha value is -0.480. The lowest BCUT2D eigenvalue weighted by atomic mass is 10.2. The van der Waals surface area contributed by atoms with Crippen LogP contribution in [0.3, 0.4) is 0 Å². The van der Waals surface area contributed by atoms with E-state index in [1.165, 1.54) is 6.26 Å². The molecule has 2 N–H and O–H groups in total. The predicted molar refractivity (Wildman–Crippen MR) is 99.2 cm³/mol.